The number of sulfonamides is 1. The molecule has 0 unspecified atom stereocenters. The first kappa shape index (κ1) is 23.3. The van der Waals surface area contributed by atoms with E-state index in [9.17, 15) is 22.8 Å². The summed E-state index contributed by atoms with van der Waals surface area (Å²) in [7, 11) is -3.95. The van der Waals surface area contributed by atoms with Crippen LogP contribution >= 0.6 is 0 Å². The van der Waals surface area contributed by atoms with Gasteiger partial charge in [0.1, 0.15) is 6.54 Å². The molecule has 1 aromatic rings. The van der Waals surface area contributed by atoms with Crippen molar-refractivity contribution in [1.82, 2.24) is 9.62 Å². The molecule has 0 saturated carbocycles. The Hall–Kier alpha value is -2.72. The highest BCUT2D eigenvalue weighted by atomic mass is 32.2. The van der Waals surface area contributed by atoms with Crippen LogP contribution in [0.2, 0.25) is 0 Å². The predicted molar refractivity (Wildman–Crippen MR) is 104 cm³/mol. The first-order chi connectivity index (χ1) is 13.0. The highest BCUT2D eigenvalue weighted by Crippen LogP contribution is 2.13. The number of nitrogens with one attached hydrogen (secondary N) is 2. The molecular weight excluding hydrogens is 386 g/mol. The largest absolute Gasteiger partial charge is 0.455 e. The van der Waals surface area contributed by atoms with Crippen molar-refractivity contribution in [1.29, 1.82) is 0 Å². The molecular formula is C18H25N3O6S. The minimum Gasteiger partial charge on any atom is -0.455 e. The Kier molecular flexibility index (Phi) is 8.80. The molecule has 0 fully saturated rings. The lowest BCUT2D eigenvalue weighted by Gasteiger charge is -2.20. The zero-order valence-electron chi connectivity index (χ0n) is 16.1. The second-order valence-corrected chi connectivity index (χ2v) is 7.82. The van der Waals surface area contributed by atoms with E-state index in [4.69, 9.17) is 4.74 Å². The van der Waals surface area contributed by atoms with E-state index in [1.165, 1.54) is 36.1 Å². The van der Waals surface area contributed by atoms with Crippen LogP contribution in [0.1, 0.15) is 20.8 Å². The number of nitrogens with zero attached hydrogens (tertiary/aromatic N) is 1. The molecule has 0 aliphatic carbocycles. The normalized spacial score (nSPS) is 10.8. The Labute approximate surface area is 164 Å². The highest BCUT2D eigenvalue weighted by Gasteiger charge is 2.18. The molecule has 2 N–H and O–H groups in total. The Balaban J connectivity index is 2.55. The van der Waals surface area contributed by atoms with Crippen LogP contribution in [0.25, 0.3) is 0 Å². The molecule has 0 saturated heterocycles. The summed E-state index contributed by atoms with van der Waals surface area (Å²) in [4.78, 5) is 36.1. The maximum atomic E-state index is 12.2. The molecule has 0 heterocycles. The number of hydrogen-bond donors (Lipinski definition) is 2. The summed E-state index contributed by atoms with van der Waals surface area (Å²) in [6.45, 7) is 8.32. The van der Waals surface area contributed by atoms with E-state index in [1.54, 1.807) is 13.8 Å². The maximum Gasteiger partial charge on any atom is 0.321 e. The van der Waals surface area contributed by atoms with Crippen LogP contribution in [0.3, 0.4) is 0 Å². The summed E-state index contributed by atoms with van der Waals surface area (Å²) in [5, 5.41) is 2.52. The van der Waals surface area contributed by atoms with Crippen LogP contribution < -0.4 is 10.0 Å². The number of anilines is 1. The smallest absolute Gasteiger partial charge is 0.321 e. The van der Waals surface area contributed by atoms with Gasteiger partial charge in [-0.3, -0.25) is 14.4 Å². The lowest BCUT2D eigenvalue weighted by Crippen LogP contribution is -2.37. The van der Waals surface area contributed by atoms with Crippen molar-refractivity contribution in [2.24, 2.45) is 0 Å². The topological polar surface area (TPSA) is 122 Å². The zero-order chi connectivity index (χ0) is 21.3. The monoisotopic (exact) mass is 411 g/mol. The van der Waals surface area contributed by atoms with Gasteiger partial charge in [-0.25, -0.2) is 8.42 Å². The maximum absolute atomic E-state index is 12.2. The molecule has 0 aliphatic rings. The van der Waals surface area contributed by atoms with E-state index in [0.717, 1.165) is 5.57 Å². The lowest BCUT2D eigenvalue weighted by molar-refractivity contribution is -0.150. The second kappa shape index (κ2) is 10.6. The molecule has 0 aromatic heterocycles. The number of hydrogen-bond acceptors (Lipinski definition) is 6. The van der Waals surface area contributed by atoms with Gasteiger partial charge in [0.2, 0.25) is 15.9 Å². The molecule has 28 heavy (non-hydrogen) atoms. The van der Waals surface area contributed by atoms with Gasteiger partial charge in [0.25, 0.3) is 5.91 Å². The number of ether oxygens (including phenoxy) is 1. The number of carbonyl (C=O) groups excluding carboxylic acids is 3. The summed E-state index contributed by atoms with van der Waals surface area (Å²) in [6, 6.07) is 5.43. The van der Waals surface area contributed by atoms with Crippen molar-refractivity contribution >= 4 is 33.5 Å². The van der Waals surface area contributed by atoms with Crippen molar-refractivity contribution in [2.45, 2.75) is 25.7 Å². The van der Waals surface area contributed by atoms with E-state index < -0.39 is 35.1 Å². The summed E-state index contributed by atoms with van der Waals surface area (Å²) >= 11 is 0. The Morgan fingerprint density at radius 1 is 1.14 bits per heavy atom. The van der Waals surface area contributed by atoms with E-state index in [2.05, 4.69) is 16.6 Å². The van der Waals surface area contributed by atoms with E-state index in [-0.39, 0.29) is 10.8 Å². The van der Waals surface area contributed by atoms with Crippen LogP contribution in [0.5, 0.6) is 0 Å². The van der Waals surface area contributed by atoms with E-state index in [1.807, 2.05) is 0 Å². The minimum atomic E-state index is -3.95. The zero-order valence-corrected chi connectivity index (χ0v) is 17.0. The van der Waals surface area contributed by atoms with Gasteiger partial charge in [-0.15, -0.1) is 0 Å². The van der Waals surface area contributed by atoms with Gasteiger partial charge < -0.3 is 15.0 Å². The van der Waals surface area contributed by atoms with Crippen molar-refractivity contribution in [3.05, 3.63) is 36.4 Å². The molecule has 0 atom stereocenters. The fraction of sp³-hybridized carbons (Fsp3) is 0.389. The number of rotatable bonds is 10. The third-order valence-corrected chi connectivity index (χ3v) is 4.86. The summed E-state index contributed by atoms with van der Waals surface area (Å²) in [5.41, 5.74) is 1.23. The quantitative estimate of drug-likeness (QED) is 0.436. The van der Waals surface area contributed by atoms with Crippen LogP contribution in [0, 0.1) is 0 Å². The Bertz CT molecular complexity index is 833. The minimum absolute atomic E-state index is 0.0795. The fourth-order valence-electron chi connectivity index (χ4n) is 2.14. The van der Waals surface area contributed by atoms with Crippen LogP contribution in [-0.2, 0) is 29.1 Å². The van der Waals surface area contributed by atoms with Gasteiger partial charge in [0, 0.05) is 25.7 Å². The Morgan fingerprint density at radius 2 is 1.75 bits per heavy atom. The van der Waals surface area contributed by atoms with Gasteiger partial charge in [-0.1, -0.05) is 12.2 Å². The van der Waals surface area contributed by atoms with Crippen molar-refractivity contribution < 1.29 is 27.5 Å². The molecule has 9 nitrogen and oxygen atoms in total. The van der Waals surface area contributed by atoms with Crippen LogP contribution in [0.4, 0.5) is 5.69 Å². The standard InChI is InChI=1S/C18H25N3O6S/c1-5-21(11-13(2)3)17(23)12-27-18(24)10-19-28(25,26)16-8-6-15(7-9-16)20-14(4)22/h6-9,19H,2,5,10-12H2,1,3-4H3,(H,20,22). The molecule has 0 bridgehead atoms. The average Bonchev–Trinajstić information content (AvgIpc) is 2.62. The number of esters is 1. The van der Waals surface area contributed by atoms with Crippen molar-refractivity contribution in [2.75, 3.05) is 31.6 Å². The molecule has 10 heteroatoms. The van der Waals surface area contributed by atoms with Gasteiger partial charge in [0.15, 0.2) is 6.61 Å². The van der Waals surface area contributed by atoms with Crippen molar-refractivity contribution in [3.8, 4) is 0 Å². The lowest BCUT2D eigenvalue weighted by atomic mass is 10.3. The molecule has 1 rings (SSSR count). The van der Waals surface area contributed by atoms with Crippen LogP contribution in [0.15, 0.2) is 41.3 Å². The number of carbonyl (C=O) groups is 3. The first-order valence-electron chi connectivity index (χ1n) is 8.50. The third kappa shape index (κ3) is 7.89. The number of likely N-dealkylation sites (N-methyl/N-ethyl adjacent to an activating group) is 1. The summed E-state index contributed by atoms with van der Waals surface area (Å²) < 4.78 is 31.3. The molecule has 2 amide bonds. The third-order valence-electron chi connectivity index (χ3n) is 3.44. The number of amides is 2. The van der Waals surface area contributed by atoms with Crippen molar-refractivity contribution in [3.63, 3.8) is 0 Å². The molecule has 0 aliphatic heterocycles. The molecule has 0 spiro atoms. The molecule has 0 radical (unpaired) electrons. The number of benzene rings is 1. The first-order valence-corrected chi connectivity index (χ1v) is 9.98. The van der Waals surface area contributed by atoms with Gasteiger partial charge in [-0.05, 0) is 38.1 Å². The van der Waals surface area contributed by atoms with E-state index in [0.29, 0.717) is 18.8 Å². The SMILES string of the molecule is C=C(C)CN(CC)C(=O)COC(=O)CNS(=O)(=O)c1ccc(NC(C)=O)cc1. The van der Waals surface area contributed by atoms with Crippen LogP contribution in [-0.4, -0.2) is 57.3 Å². The summed E-state index contributed by atoms with van der Waals surface area (Å²) in [5.74, 6) is -1.55. The highest BCUT2D eigenvalue weighted by molar-refractivity contribution is 7.89. The average molecular weight is 411 g/mol. The second-order valence-electron chi connectivity index (χ2n) is 6.06. The fourth-order valence-corrected chi connectivity index (χ4v) is 3.11. The van der Waals surface area contributed by atoms with Gasteiger partial charge in [-0.2, -0.15) is 4.72 Å². The van der Waals surface area contributed by atoms with Gasteiger partial charge in [0.05, 0.1) is 4.90 Å². The predicted octanol–water partition coefficient (Wildman–Crippen LogP) is 0.891. The molecule has 1 aromatic carbocycles. The molecule has 154 valence electrons. The summed E-state index contributed by atoms with van der Waals surface area (Å²) in [6.07, 6.45) is 0. The Morgan fingerprint density at radius 3 is 2.25 bits per heavy atom. The van der Waals surface area contributed by atoms with Gasteiger partial charge >= 0.3 is 5.97 Å². The van der Waals surface area contributed by atoms with E-state index >= 15 is 0 Å².